The lowest BCUT2D eigenvalue weighted by Crippen LogP contribution is -2.42. The van der Waals surface area contributed by atoms with E-state index in [0.29, 0.717) is 19.4 Å². The van der Waals surface area contributed by atoms with Gasteiger partial charge in [0.05, 0.1) is 4.92 Å². The molecule has 20 heavy (non-hydrogen) atoms. The molecular formula is C10H15N7O3. The van der Waals surface area contributed by atoms with Crippen LogP contribution in [0.25, 0.3) is 0 Å². The molecule has 2 rings (SSSR count). The third-order valence-corrected chi connectivity index (χ3v) is 2.98. The van der Waals surface area contributed by atoms with Crippen molar-refractivity contribution in [1.29, 1.82) is 0 Å². The smallest absolute Gasteiger partial charge is 0.332 e. The summed E-state index contributed by atoms with van der Waals surface area (Å²) in [6, 6.07) is -0.119. The first-order chi connectivity index (χ1) is 9.51. The van der Waals surface area contributed by atoms with Gasteiger partial charge < -0.3 is 10.6 Å². The highest BCUT2D eigenvalue weighted by molar-refractivity contribution is 5.77. The molecule has 0 spiro atoms. The molecular weight excluding hydrogens is 266 g/mol. The van der Waals surface area contributed by atoms with Gasteiger partial charge in [0.25, 0.3) is 0 Å². The van der Waals surface area contributed by atoms with Crippen LogP contribution < -0.4 is 21.9 Å². The molecule has 2 heterocycles. The number of nitrogens with zero attached hydrogens (tertiary/aromatic N) is 3. The van der Waals surface area contributed by atoms with Gasteiger partial charge in [-0.2, -0.15) is 4.98 Å². The largest absolute Gasteiger partial charge is 0.360 e. The topological polar surface area (TPSA) is 148 Å². The van der Waals surface area contributed by atoms with Crippen molar-refractivity contribution in [2.75, 3.05) is 17.3 Å². The van der Waals surface area contributed by atoms with Gasteiger partial charge in [0.15, 0.2) is 0 Å². The van der Waals surface area contributed by atoms with Gasteiger partial charge in [-0.05, 0) is 13.3 Å². The second-order valence-electron chi connectivity index (χ2n) is 4.42. The normalized spacial score (nSPS) is 18.3. The van der Waals surface area contributed by atoms with Crippen molar-refractivity contribution in [3.8, 4) is 0 Å². The molecule has 1 aliphatic rings. The maximum atomic E-state index is 11.1. The van der Waals surface area contributed by atoms with E-state index in [1.54, 1.807) is 0 Å². The van der Waals surface area contributed by atoms with E-state index in [2.05, 4.69) is 26.0 Å². The summed E-state index contributed by atoms with van der Waals surface area (Å²) in [6.45, 7) is 1.90. The lowest BCUT2D eigenvalue weighted by atomic mass is 10.1. The number of aromatic nitrogens is 2. The monoisotopic (exact) mass is 281 g/mol. The summed E-state index contributed by atoms with van der Waals surface area (Å²) in [6.07, 6.45) is 0.953. The quantitative estimate of drug-likeness (QED) is 0.333. The van der Waals surface area contributed by atoms with E-state index in [9.17, 15) is 14.9 Å². The van der Waals surface area contributed by atoms with Crippen LogP contribution in [0.4, 0.5) is 17.5 Å². The Morgan fingerprint density at radius 3 is 2.80 bits per heavy atom. The molecule has 1 fully saturated rings. The van der Waals surface area contributed by atoms with E-state index in [4.69, 9.17) is 5.84 Å². The summed E-state index contributed by atoms with van der Waals surface area (Å²) < 4.78 is 0. The van der Waals surface area contributed by atoms with Crippen LogP contribution in [0.2, 0.25) is 0 Å². The average molecular weight is 281 g/mol. The lowest BCUT2D eigenvalue weighted by molar-refractivity contribution is -0.385. The SMILES string of the molecule is Cc1nc(NN)nc(NC2CCC(=O)NC2)c1[N+](=O)[O-]. The molecule has 108 valence electrons. The Balaban J connectivity index is 2.26. The molecule has 1 aliphatic heterocycles. The fourth-order valence-electron chi connectivity index (χ4n) is 2.00. The van der Waals surface area contributed by atoms with Crippen LogP contribution in [-0.4, -0.2) is 33.4 Å². The fraction of sp³-hybridized carbons (Fsp3) is 0.500. The molecule has 1 amide bonds. The summed E-state index contributed by atoms with van der Waals surface area (Å²) in [5.74, 6) is 5.40. The van der Waals surface area contributed by atoms with E-state index in [1.807, 2.05) is 0 Å². The zero-order valence-corrected chi connectivity index (χ0v) is 10.8. The van der Waals surface area contributed by atoms with Crippen molar-refractivity contribution >= 4 is 23.4 Å². The number of hydrogen-bond acceptors (Lipinski definition) is 8. The van der Waals surface area contributed by atoms with Gasteiger partial charge in [0.2, 0.25) is 17.7 Å². The number of hydrazine groups is 1. The van der Waals surface area contributed by atoms with Crippen molar-refractivity contribution < 1.29 is 9.72 Å². The number of piperidine rings is 1. The highest BCUT2D eigenvalue weighted by Crippen LogP contribution is 2.27. The van der Waals surface area contributed by atoms with E-state index in [-0.39, 0.29) is 35.1 Å². The van der Waals surface area contributed by atoms with E-state index >= 15 is 0 Å². The number of nitrogens with one attached hydrogen (secondary N) is 3. The molecule has 1 unspecified atom stereocenters. The highest BCUT2D eigenvalue weighted by Gasteiger charge is 2.26. The number of rotatable bonds is 4. The summed E-state index contributed by atoms with van der Waals surface area (Å²) in [5.41, 5.74) is 2.28. The molecule has 1 aromatic rings. The third kappa shape index (κ3) is 2.91. The van der Waals surface area contributed by atoms with Crippen molar-refractivity contribution in [2.24, 2.45) is 5.84 Å². The van der Waals surface area contributed by atoms with Crippen LogP contribution in [0.5, 0.6) is 0 Å². The molecule has 1 saturated heterocycles. The summed E-state index contributed by atoms with van der Waals surface area (Å²) in [7, 11) is 0. The molecule has 0 aromatic carbocycles. The Morgan fingerprint density at radius 2 is 2.25 bits per heavy atom. The first kappa shape index (κ1) is 13.9. The standard InChI is InChI=1S/C10H15N7O3/c1-5-8(17(19)20)9(15-10(13-5)16-11)14-6-2-3-7(18)12-4-6/h6H,2-4,11H2,1H3,(H,12,18)(H2,13,14,15,16). The molecule has 10 nitrogen and oxygen atoms in total. The predicted octanol–water partition coefficient (Wildman–Crippen LogP) is -0.331. The number of hydrogen-bond donors (Lipinski definition) is 4. The number of carbonyl (C=O) groups excluding carboxylic acids is 1. The van der Waals surface area contributed by atoms with Gasteiger partial charge in [-0.25, -0.2) is 10.8 Å². The van der Waals surface area contributed by atoms with Gasteiger partial charge in [-0.15, -0.1) is 0 Å². The Kier molecular flexibility index (Phi) is 3.94. The summed E-state index contributed by atoms with van der Waals surface area (Å²) in [5, 5.41) is 16.8. The summed E-state index contributed by atoms with van der Waals surface area (Å²) >= 11 is 0. The van der Waals surface area contributed by atoms with Crippen LogP contribution in [0.15, 0.2) is 0 Å². The molecule has 0 saturated carbocycles. The van der Waals surface area contributed by atoms with Crippen molar-refractivity contribution in [1.82, 2.24) is 15.3 Å². The number of anilines is 2. The molecule has 0 radical (unpaired) electrons. The highest BCUT2D eigenvalue weighted by atomic mass is 16.6. The van der Waals surface area contributed by atoms with Crippen molar-refractivity contribution in [3.63, 3.8) is 0 Å². The second-order valence-corrected chi connectivity index (χ2v) is 4.42. The maximum absolute atomic E-state index is 11.1. The van der Waals surface area contributed by atoms with Gasteiger partial charge in [-0.1, -0.05) is 0 Å². The van der Waals surface area contributed by atoms with Crippen molar-refractivity contribution in [2.45, 2.75) is 25.8 Å². The molecule has 1 atom stereocenters. The number of nitro groups is 1. The third-order valence-electron chi connectivity index (χ3n) is 2.98. The Hall–Kier alpha value is -2.49. The van der Waals surface area contributed by atoms with Gasteiger partial charge >= 0.3 is 5.69 Å². The number of amides is 1. The van der Waals surface area contributed by atoms with E-state index in [0.717, 1.165) is 0 Å². The number of carbonyl (C=O) groups is 1. The predicted molar refractivity (Wildman–Crippen MR) is 70.9 cm³/mol. The summed E-state index contributed by atoms with van der Waals surface area (Å²) in [4.78, 5) is 29.5. The zero-order chi connectivity index (χ0) is 14.7. The Bertz CT molecular complexity index is 538. The van der Waals surface area contributed by atoms with Crippen LogP contribution in [-0.2, 0) is 4.79 Å². The number of nitrogens with two attached hydrogens (primary N) is 1. The second kappa shape index (κ2) is 5.65. The Labute approximate surface area is 114 Å². The van der Waals surface area contributed by atoms with Gasteiger partial charge in [0, 0.05) is 19.0 Å². The molecule has 0 aliphatic carbocycles. The van der Waals surface area contributed by atoms with Gasteiger partial charge in [0.1, 0.15) is 5.69 Å². The maximum Gasteiger partial charge on any atom is 0.332 e. The van der Waals surface area contributed by atoms with Crippen LogP contribution in [0, 0.1) is 17.0 Å². The molecule has 1 aromatic heterocycles. The van der Waals surface area contributed by atoms with E-state index in [1.165, 1.54) is 6.92 Å². The number of aryl methyl sites for hydroxylation is 1. The zero-order valence-electron chi connectivity index (χ0n) is 10.8. The van der Waals surface area contributed by atoms with Crippen LogP contribution in [0.3, 0.4) is 0 Å². The molecule has 10 heteroatoms. The minimum atomic E-state index is -0.542. The van der Waals surface area contributed by atoms with Gasteiger partial charge in [-0.3, -0.25) is 20.3 Å². The first-order valence-corrected chi connectivity index (χ1v) is 6.04. The minimum Gasteiger partial charge on any atom is -0.360 e. The van der Waals surface area contributed by atoms with Crippen LogP contribution >= 0.6 is 0 Å². The van der Waals surface area contributed by atoms with Crippen LogP contribution in [0.1, 0.15) is 18.5 Å². The molecule has 5 N–H and O–H groups in total. The fourth-order valence-corrected chi connectivity index (χ4v) is 2.00. The first-order valence-electron chi connectivity index (χ1n) is 6.04. The Morgan fingerprint density at radius 1 is 1.50 bits per heavy atom. The average Bonchev–Trinajstić information content (AvgIpc) is 2.40. The van der Waals surface area contributed by atoms with E-state index < -0.39 is 4.92 Å². The van der Waals surface area contributed by atoms with Crippen molar-refractivity contribution in [3.05, 3.63) is 15.8 Å². The number of nitrogen functional groups attached to an aromatic ring is 1. The lowest BCUT2D eigenvalue weighted by Gasteiger charge is -2.24. The molecule has 0 bridgehead atoms. The minimum absolute atomic E-state index is 0.0271.